The average Bonchev–Trinajstić information content (AvgIpc) is 3.06. The number of nitrogens with one attached hydrogen (secondary N) is 1. The van der Waals surface area contributed by atoms with Crippen molar-refractivity contribution < 1.29 is 9.90 Å². The van der Waals surface area contributed by atoms with Gasteiger partial charge in [0.1, 0.15) is 0 Å². The maximum Gasteiger partial charge on any atom is 0.286 e. The number of aromatic nitrogens is 2. The summed E-state index contributed by atoms with van der Waals surface area (Å²) in [5.41, 5.74) is 6.38. The molecule has 0 spiro atoms. The van der Waals surface area contributed by atoms with Crippen LogP contribution in [0.5, 0.6) is 0 Å². The maximum atomic E-state index is 13.0. The number of hydrazine groups is 1. The third-order valence-corrected chi connectivity index (χ3v) is 5.98. The van der Waals surface area contributed by atoms with Crippen LogP contribution in [0.2, 0.25) is 10.0 Å². The van der Waals surface area contributed by atoms with Gasteiger partial charge < -0.3 is 5.11 Å². The number of allylic oxidation sites excluding steroid dienone is 2. The van der Waals surface area contributed by atoms with Gasteiger partial charge in [0.25, 0.3) is 5.91 Å². The molecule has 1 aliphatic carbocycles. The lowest BCUT2D eigenvalue weighted by atomic mass is 9.99. The molecule has 0 saturated carbocycles. The Morgan fingerprint density at radius 1 is 1.23 bits per heavy atom. The van der Waals surface area contributed by atoms with Crippen LogP contribution in [0.25, 0.3) is 11.3 Å². The zero-order valence-corrected chi connectivity index (χ0v) is 18.2. The Hall–Kier alpha value is -2.12. The molecule has 4 rings (SSSR count). The number of carbonyl (C=O) groups is 1. The molecule has 1 amide bonds. The number of amides is 1. The molecule has 2 heterocycles. The molecule has 1 fully saturated rings. The van der Waals surface area contributed by atoms with Crippen molar-refractivity contribution >= 4 is 34.7 Å². The van der Waals surface area contributed by atoms with Crippen LogP contribution in [0.1, 0.15) is 47.4 Å². The Balaban J connectivity index is 1.77. The molecular weight excluding hydrogens is 423 g/mol. The van der Waals surface area contributed by atoms with Gasteiger partial charge >= 0.3 is 0 Å². The second kappa shape index (κ2) is 8.94. The minimum atomic E-state index is -0.508. The first-order valence-electron chi connectivity index (χ1n) is 10.1. The van der Waals surface area contributed by atoms with Gasteiger partial charge in [-0.1, -0.05) is 47.9 Å². The molecule has 1 aromatic heterocycles. The van der Waals surface area contributed by atoms with Gasteiger partial charge in [-0.2, -0.15) is 5.10 Å². The second-order valence-corrected chi connectivity index (χ2v) is 8.48. The molecule has 1 unspecified atom stereocenters. The summed E-state index contributed by atoms with van der Waals surface area (Å²) in [6, 6.07) is 5.18. The minimum Gasteiger partial charge on any atom is -0.389 e. The summed E-state index contributed by atoms with van der Waals surface area (Å²) in [6.45, 7) is 3.56. The van der Waals surface area contributed by atoms with Crippen LogP contribution < -0.4 is 5.43 Å². The van der Waals surface area contributed by atoms with Crippen LogP contribution in [0.4, 0.5) is 0 Å². The normalized spacial score (nSPS) is 19.6. The Kier molecular flexibility index (Phi) is 6.29. The summed E-state index contributed by atoms with van der Waals surface area (Å²) in [5.74, 6) is -0.236. The van der Waals surface area contributed by atoms with Gasteiger partial charge in [0.05, 0.1) is 22.5 Å². The third kappa shape index (κ3) is 4.32. The molecular formula is C22H24Cl2N4O2. The second-order valence-electron chi connectivity index (χ2n) is 7.64. The highest BCUT2D eigenvalue weighted by molar-refractivity contribution is 6.35. The molecule has 1 aromatic carbocycles. The van der Waals surface area contributed by atoms with E-state index in [4.69, 9.17) is 23.2 Å². The summed E-state index contributed by atoms with van der Waals surface area (Å²) < 4.78 is 1.69. The molecule has 6 nitrogen and oxygen atoms in total. The number of halogens is 2. The molecule has 0 bridgehead atoms. The number of benzene rings is 1. The zero-order chi connectivity index (χ0) is 21.3. The van der Waals surface area contributed by atoms with E-state index in [1.807, 2.05) is 24.1 Å². The molecule has 8 heteroatoms. The molecule has 1 saturated heterocycles. The Morgan fingerprint density at radius 2 is 2.00 bits per heavy atom. The monoisotopic (exact) mass is 446 g/mol. The molecule has 2 N–H and O–H groups in total. The van der Waals surface area contributed by atoms with E-state index in [2.05, 4.69) is 10.5 Å². The largest absolute Gasteiger partial charge is 0.389 e. The number of hydrogen-bond donors (Lipinski definition) is 2. The number of piperidine rings is 1. The van der Waals surface area contributed by atoms with Gasteiger partial charge in [-0.05, 0) is 50.0 Å². The standard InChI is InChI=1S/C22H24Cl2N4O2/c1-14-20(22(30)26-27-11-3-2-4-12-27)25-28(19-10-7-16(23)13-18(19)24)21(14)15-5-8-17(29)9-6-15/h5-8,10,13,17,29H,2-4,9,11-12H2,1H3,(H,26,30). The van der Waals surface area contributed by atoms with Crippen LogP contribution in [0, 0.1) is 6.92 Å². The van der Waals surface area contributed by atoms with E-state index in [0.29, 0.717) is 27.8 Å². The minimum absolute atomic E-state index is 0.236. The summed E-state index contributed by atoms with van der Waals surface area (Å²) in [7, 11) is 0. The van der Waals surface area contributed by atoms with Crippen molar-refractivity contribution in [2.24, 2.45) is 0 Å². The lowest BCUT2D eigenvalue weighted by molar-refractivity contribution is 0.0743. The third-order valence-electron chi connectivity index (χ3n) is 5.44. The maximum absolute atomic E-state index is 13.0. The first-order chi connectivity index (χ1) is 14.4. The fraction of sp³-hybridized carbons (Fsp3) is 0.364. The van der Waals surface area contributed by atoms with Crippen LogP contribution >= 0.6 is 23.2 Å². The lowest BCUT2D eigenvalue weighted by Crippen LogP contribution is -2.45. The van der Waals surface area contributed by atoms with E-state index in [9.17, 15) is 9.90 Å². The number of aliphatic hydroxyl groups excluding tert-OH is 1. The van der Waals surface area contributed by atoms with Gasteiger partial charge in [-0.3, -0.25) is 10.2 Å². The van der Waals surface area contributed by atoms with E-state index in [0.717, 1.165) is 42.8 Å². The molecule has 30 heavy (non-hydrogen) atoms. The molecule has 0 radical (unpaired) electrons. The molecule has 1 aliphatic heterocycles. The summed E-state index contributed by atoms with van der Waals surface area (Å²) in [4.78, 5) is 13.0. The highest BCUT2D eigenvalue weighted by Crippen LogP contribution is 2.32. The molecule has 2 aliphatic rings. The number of aliphatic hydroxyl groups is 1. The number of carbonyl (C=O) groups excluding carboxylic acids is 1. The van der Waals surface area contributed by atoms with Crippen molar-refractivity contribution in [2.45, 2.75) is 38.7 Å². The van der Waals surface area contributed by atoms with E-state index in [1.165, 1.54) is 6.42 Å². The van der Waals surface area contributed by atoms with Crippen LogP contribution in [0.15, 0.2) is 36.4 Å². The van der Waals surface area contributed by atoms with Crippen molar-refractivity contribution in [1.29, 1.82) is 0 Å². The smallest absolute Gasteiger partial charge is 0.286 e. The number of nitrogens with zero attached hydrogens (tertiary/aromatic N) is 3. The first kappa shape index (κ1) is 21.1. The fourth-order valence-corrected chi connectivity index (χ4v) is 4.35. The predicted molar refractivity (Wildman–Crippen MR) is 119 cm³/mol. The molecule has 1 atom stereocenters. The Labute approximate surface area is 185 Å². The first-order valence-corrected chi connectivity index (χ1v) is 10.9. The highest BCUT2D eigenvalue weighted by atomic mass is 35.5. The van der Waals surface area contributed by atoms with Gasteiger partial charge in [-0.15, -0.1) is 0 Å². The Morgan fingerprint density at radius 3 is 2.67 bits per heavy atom. The van der Waals surface area contributed by atoms with Gasteiger partial charge in [-0.25, -0.2) is 9.69 Å². The van der Waals surface area contributed by atoms with Crippen molar-refractivity contribution in [3.63, 3.8) is 0 Å². The molecule has 2 aromatic rings. The van der Waals surface area contributed by atoms with Crippen molar-refractivity contribution in [3.05, 3.63) is 63.4 Å². The SMILES string of the molecule is Cc1c(C(=O)NN2CCCCC2)nn(-c2ccc(Cl)cc2Cl)c1C1=CCC(O)C=C1. The van der Waals surface area contributed by atoms with Crippen LogP contribution in [-0.4, -0.2) is 45.0 Å². The Bertz CT molecular complexity index is 1020. The van der Waals surface area contributed by atoms with Gasteiger partial charge in [0.2, 0.25) is 0 Å². The van der Waals surface area contributed by atoms with Gasteiger partial charge in [0, 0.05) is 23.7 Å². The zero-order valence-electron chi connectivity index (χ0n) is 16.7. The van der Waals surface area contributed by atoms with Crippen LogP contribution in [-0.2, 0) is 0 Å². The lowest BCUT2D eigenvalue weighted by Gasteiger charge is -2.26. The summed E-state index contributed by atoms with van der Waals surface area (Å²) in [6.07, 6.45) is 8.85. The van der Waals surface area contributed by atoms with Crippen molar-refractivity contribution in [3.8, 4) is 5.69 Å². The van der Waals surface area contributed by atoms with E-state index >= 15 is 0 Å². The van der Waals surface area contributed by atoms with E-state index in [1.54, 1.807) is 29.0 Å². The highest BCUT2D eigenvalue weighted by Gasteiger charge is 2.25. The van der Waals surface area contributed by atoms with Gasteiger partial charge in [0.15, 0.2) is 5.69 Å². The van der Waals surface area contributed by atoms with Crippen molar-refractivity contribution in [1.82, 2.24) is 20.2 Å². The predicted octanol–water partition coefficient (Wildman–Crippen LogP) is 4.32. The number of rotatable bonds is 4. The fourth-order valence-electron chi connectivity index (χ4n) is 3.86. The van der Waals surface area contributed by atoms with E-state index in [-0.39, 0.29) is 5.91 Å². The molecule has 158 valence electrons. The number of hydrogen-bond acceptors (Lipinski definition) is 4. The van der Waals surface area contributed by atoms with Crippen molar-refractivity contribution in [2.75, 3.05) is 13.1 Å². The van der Waals surface area contributed by atoms with E-state index < -0.39 is 6.10 Å². The topological polar surface area (TPSA) is 70.4 Å². The average molecular weight is 447 g/mol. The summed E-state index contributed by atoms with van der Waals surface area (Å²) >= 11 is 12.5. The van der Waals surface area contributed by atoms with Crippen LogP contribution in [0.3, 0.4) is 0 Å². The quantitative estimate of drug-likeness (QED) is 0.733. The summed E-state index contributed by atoms with van der Waals surface area (Å²) in [5, 5.41) is 17.4.